The zero-order valence-corrected chi connectivity index (χ0v) is 8.47. The number of rotatable bonds is 0. The summed E-state index contributed by atoms with van der Waals surface area (Å²) in [5.74, 6) is 0. The molecule has 0 unspecified atom stereocenters. The van der Waals surface area contributed by atoms with Gasteiger partial charge in [0, 0.05) is 22.0 Å². The van der Waals surface area contributed by atoms with Crippen LogP contribution in [0.3, 0.4) is 0 Å². The molecular weight excluding hydrogens is 219 g/mol. The van der Waals surface area contributed by atoms with Crippen LogP contribution in [0.5, 0.6) is 0 Å². The van der Waals surface area contributed by atoms with Gasteiger partial charge in [0.1, 0.15) is 11.2 Å². The van der Waals surface area contributed by atoms with Crippen molar-refractivity contribution in [1.82, 2.24) is 4.98 Å². The summed E-state index contributed by atoms with van der Waals surface area (Å²) in [6.45, 7) is 0. The third-order valence-corrected chi connectivity index (χ3v) is 2.53. The van der Waals surface area contributed by atoms with Crippen molar-refractivity contribution in [3.63, 3.8) is 0 Å². The monoisotopic (exact) mass is 222 g/mol. The normalized spacial score (nSPS) is 10.1. The van der Waals surface area contributed by atoms with Crippen molar-refractivity contribution in [2.45, 2.75) is 0 Å². The number of hydrogen-bond donors (Lipinski definition) is 0. The average molecular weight is 223 g/mol. The van der Waals surface area contributed by atoms with E-state index in [1.165, 1.54) is 0 Å². The van der Waals surface area contributed by atoms with Crippen LogP contribution in [0.4, 0.5) is 0 Å². The molecule has 0 bridgehead atoms. The van der Waals surface area contributed by atoms with Crippen LogP contribution in [0.1, 0.15) is 5.56 Å². The largest absolute Gasteiger partial charge is 0.242 e. The molecular formula is C10H4Cl2N2. The smallest absolute Gasteiger partial charge is 0.147 e. The summed E-state index contributed by atoms with van der Waals surface area (Å²) in [5.41, 5.74) is 0.328. The second kappa shape index (κ2) is 3.45. The molecule has 0 fully saturated rings. The Balaban J connectivity index is 3.01. The van der Waals surface area contributed by atoms with E-state index >= 15 is 0 Å². The lowest BCUT2D eigenvalue weighted by atomic mass is 10.1. The molecule has 1 heterocycles. The van der Waals surface area contributed by atoms with Gasteiger partial charge in [-0.15, -0.1) is 0 Å². The molecule has 0 N–H and O–H groups in total. The molecule has 0 amide bonds. The van der Waals surface area contributed by atoms with E-state index in [1.807, 2.05) is 12.1 Å². The molecule has 68 valence electrons. The second-order valence-electron chi connectivity index (χ2n) is 2.74. The zero-order valence-electron chi connectivity index (χ0n) is 6.96. The molecule has 0 radical (unpaired) electrons. The van der Waals surface area contributed by atoms with E-state index in [0.717, 1.165) is 5.39 Å². The van der Waals surface area contributed by atoms with Crippen molar-refractivity contribution in [2.24, 2.45) is 0 Å². The van der Waals surface area contributed by atoms with Crippen molar-refractivity contribution in [1.29, 1.82) is 5.26 Å². The predicted molar refractivity (Wildman–Crippen MR) is 56.5 cm³/mol. The predicted octanol–water partition coefficient (Wildman–Crippen LogP) is 3.41. The number of hydrogen-bond acceptors (Lipinski definition) is 2. The van der Waals surface area contributed by atoms with Gasteiger partial charge in [-0.2, -0.15) is 5.26 Å². The maximum Gasteiger partial charge on any atom is 0.147 e. The molecule has 2 nitrogen and oxygen atoms in total. The van der Waals surface area contributed by atoms with Crippen LogP contribution >= 0.6 is 23.2 Å². The number of aromatic nitrogens is 1. The van der Waals surface area contributed by atoms with Gasteiger partial charge >= 0.3 is 0 Å². The minimum absolute atomic E-state index is 0.188. The summed E-state index contributed by atoms with van der Waals surface area (Å²) >= 11 is 11.8. The highest BCUT2D eigenvalue weighted by Gasteiger charge is 2.09. The summed E-state index contributed by atoms with van der Waals surface area (Å²) in [4.78, 5) is 3.90. The topological polar surface area (TPSA) is 36.7 Å². The fourth-order valence-electron chi connectivity index (χ4n) is 1.31. The number of halogens is 2. The van der Waals surface area contributed by atoms with Crippen LogP contribution in [0.15, 0.2) is 24.4 Å². The van der Waals surface area contributed by atoms with Gasteiger partial charge in [-0.1, -0.05) is 35.3 Å². The summed E-state index contributed by atoms with van der Waals surface area (Å²) in [5, 5.41) is 11.1. The lowest BCUT2D eigenvalue weighted by molar-refractivity contribution is 1.34. The van der Waals surface area contributed by atoms with E-state index in [2.05, 4.69) is 4.98 Å². The Morgan fingerprint density at radius 2 is 2.07 bits per heavy atom. The molecule has 1 aromatic carbocycles. The molecule has 14 heavy (non-hydrogen) atoms. The molecule has 0 spiro atoms. The molecule has 0 saturated heterocycles. The van der Waals surface area contributed by atoms with Crippen molar-refractivity contribution < 1.29 is 0 Å². The van der Waals surface area contributed by atoms with Gasteiger partial charge in [0.2, 0.25) is 0 Å². The maximum absolute atomic E-state index is 8.91. The van der Waals surface area contributed by atoms with E-state index in [4.69, 9.17) is 28.5 Å². The van der Waals surface area contributed by atoms with Crippen molar-refractivity contribution in [2.75, 3.05) is 0 Å². The molecule has 0 aliphatic heterocycles. The number of nitriles is 1. The third-order valence-electron chi connectivity index (χ3n) is 1.93. The average Bonchev–Trinajstić information content (AvgIpc) is 2.19. The quantitative estimate of drug-likeness (QED) is 0.641. The first-order chi connectivity index (χ1) is 6.74. The minimum atomic E-state index is 0.188. The Bertz CT molecular complexity index is 544. The van der Waals surface area contributed by atoms with Crippen molar-refractivity contribution in [3.8, 4) is 6.07 Å². The highest BCUT2D eigenvalue weighted by Crippen LogP contribution is 2.29. The van der Waals surface area contributed by atoms with Gasteiger partial charge in [0.25, 0.3) is 0 Å². The van der Waals surface area contributed by atoms with Gasteiger partial charge in [-0.3, -0.25) is 0 Å². The Morgan fingerprint density at radius 3 is 2.79 bits per heavy atom. The van der Waals surface area contributed by atoms with Crippen LogP contribution in [0.2, 0.25) is 10.2 Å². The highest BCUT2D eigenvalue weighted by molar-refractivity contribution is 6.37. The van der Waals surface area contributed by atoms with E-state index in [0.29, 0.717) is 16.0 Å². The van der Waals surface area contributed by atoms with Gasteiger partial charge in [0.15, 0.2) is 0 Å². The molecule has 4 heteroatoms. The summed E-state index contributed by atoms with van der Waals surface area (Å²) in [6, 6.07) is 7.37. The zero-order chi connectivity index (χ0) is 10.1. The second-order valence-corrected chi connectivity index (χ2v) is 3.51. The van der Waals surface area contributed by atoms with E-state index in [-0.39, 0.29) is 5.15 Å². The van der Waals surface area contributed by atoms with Crippen LogP contribution in [0.25, 0.3) is 10.8 Å². The Hall–Kier alpha value is -1.30. The molecule has 2 rings (SSSR count). The summed E-state index contributed by atoms with van der Waals surface area (Å²) in [7, 11) is 0. The molecule has 0 atom stereocenters. The molecule has 1 aromatic heterocycles. The summed E-state index contributed by atoms with van der Waals surface area (Å²) in [6.07, 6.45) is 1.60. The minimum Gasteiger partial charge on any atom is -0.242 e. The summed E-state index contributed by atoms with van der Waals surface area (Å²) < 4.78 is 0. The van der Waals surface area contributed by atoms with Gasteiger partial charge < -0.3 is 0 Å². The number of fused-ring (bicyclic) bond motifs is 1. The highest BCUT2D eigenvalue weighted by atomic mass is 35.5. The fraction of sp³-hybridized carbons (Fsp3) is 0. The Kier molecular flexibility index (Phi) is 2.28. The molecule has 2 aromatic rings. The number of nitrogens with zero attached hydrogens (tertiary/aromatic N) is 2. The van der Waals surface area contributed by atoms with Gasteiger partial charge in [-0.05, 0) is 6.07 Å². The Labute approximate surface area is 90.7 Å². The van der Waals surface area contributed by atoms with Crippen LogP contribution in [-0.4, -0.2) is 4.98 Å². The fourth-order valence-corrected chi connectivity index (χ4v) is 1.77. The standard InChI is InChI=1S/C10H4Cl2N2/c11-8-3-1-2-6-5-14-10(12)7(4-13)9(6)8/h1-3,5H. The Morgan fingerprint density at radius 1 is 1.29 bits per heavy atom. The lowest BCUT2D eigenvalue weighted by Gasteiger charge is -2.02. The van der Waals surface area contributed by atoms with Crippen LogP contribution < -0.4 is 0 Å². The van der Waals surface area contributed by atoms with Crippen LogP contribution in [-0.2, 0) is 0 Å². The first-order valence-corrected chi connectivity index (χ1v) is 4.62. The molecule has 0 saturated carbocycles. The number of benzene rings is 1. The van der Waals surface area contributed by atoms with E-state index < -0.39 is 0 Å². The van der Waals surface area contributed by atoms with E-state index in [9.17, 15) is 0 Å². The third kappa shape index (κ3) is 1.31. The van der Waals surface area contributed by atoms with Gasteiger partial charge in [0.05, 0.1) is 5.56 Å². The van der Waals surface area contributed by atoms with Crippen LogP contribution in [0, 0.1) is 11.3 Å². The SMILES string of the molecule is N#Cc1c(Cl)ncc2cccc(Cl)c12. The lowest BCUT2D eigenvalue weighted by Crippen LogP contribution is -1.86. The number of pyridine rings is 1. The van der Waals surface area contributed by atoms with Crippen molar-refractivity contribution in [3.05, 3.63) is 40.1 Å². The van der Waals surface area contributed by atoms with E-state index in [1.54, 1.807) is 18.3 Å². The first-order valence-electron chi connectivity index (χ1n) is 3.87. The molecule has 0 aliphatic carbocycles. The molecule has 0 aliphatic rings. The van der Waals surface area contributed by atoms with Crippen molar-refractivity contribution >= 4 is 34.0 Å². The first kappa shape index (κ1) is 9.26. The maximum atomic E-state index is 8.91. The van der Waals surface area contributed by atoms with Gasteiger partial charge in [-0.25, -0.2) is 4.98 Å².